The van der Waals surface area contributed by atoms with Crippen LogP contribution in [0.3, 0.4) is 0 Å². The van der Waals surface area contributed by atoms with Crippen LogP contribution >= 0.6 is 11.6 Å². The van der Waals surface area contributed by atoms with Crippen molar-refractivity contribution in [3.8, 4) is 0 Å². The lowest BCUT2D eigenvalue weighted by Crippen LogP contribution is -2.18. The van der Waals surface area contributed by atoms with Gasteiger partial charge in [0.15, 0.2) is 0 Å². The van der Waals surface area contributed by atoms with Crippen LogP contribution in [-0.4, -0.2) is 19.1 Å². The summed E-state index contributed by atoms with van der Waals surface area (Å²) >= 11 is 5.89. The summed E-state index contributed by atoms with van der Waals surface area (Å²) in [6.07, 6.45) is 5.36. The summed E-state index contributed by atoms with van der Waals surface area (Å²) in [6.45, 7) is 1.39. The van der Waals surface area contributed by atoms with Crippen molar-refractivity contribution in [2.45, 2.75) is 13.1 Å². The van der Waals surface area contributed by atoms with Gasteiger partial charge in [-0.05, 0) is 0 Å². The van der Waals surface area contributed by atoms with Crippen molar-refractivity contribution in [2.75, 3.05) is 0 Å². The van der Waals surface area contributed by atoms with Crippen LogP contribution in [0, 0.1) is 0 Å². The first kappa shape index (κ1) is 11.2. The number of imidazole rings is 2. The summed E-state index contributed by atoms with van der Waals surface area (Å²) < 4.78 is 3.84. The number of halogens is 1. The van der Waals surface area contributed by atoms with Gasteiger partial charge >= 0.3 is 0 Å². The molecule has 0 fully saturated rings. The van der Waals surface area contributed by atoms with E-state index in [2.05, 4.69) is 15.3 Å². The van der Waals surface area contributed by atoms with Gasteiger partial charge in [-0.2, -0.15) is 0 Å². The van der Waals surface area contributed by atoms with Crippen molar-refractivity contribution < 1.29 is 0 Å². The predicted octanol–water partition coefficient (Wildman–Crippen LogP) is 1.10. The lowest BCUT2D eigenvalue weighted by molar-refractivity contribution is 0.605. The summed E-state index contributed by atoms with van der Waals surface area (Å²) in [4.78, 5) is 8.42. The van der Waals surface area contributed by atoms with E-state index in [0.717, 1.165) is 11.6 Å². The van der Waals surface area contributed by atoms with E-state index < -0.39 is 0 Å². The van der Waals surface area contributed by atoms with Crippen LogP contribution in [0.5, 0.6) is 0 Å². The Hall–Kier alpha value is -1.33. The molecule has 0 saturated carbocycles. The molecule has 0 bridgehead atoms. The molecule has 0 atom stereocenters. The summed E-state index contributed by atoms with van der Waals surface area (Å²) in [5.41, 5.74) is 0. The number of nitrogens with one attached hydrogen (secondary N) is 1. The summed E-state index contributed by atoms with van der Waals surface area (Å²) in [7, 11) is 3.87. The van der Waals surface area contributed by atoms with Crippen LogP contribution in [0.25, 0.3) is 0 Å². The van der Waals surface area contributed by atoms with Crippen LogP contribution in [0.4, 0.5) is 0 Å². The molecule has 0 amide bonds. The van der Waals surface area contributed by atoms with Crippen molar-refractivity contribution in [1.29, 1.82) is 0 Å². The first-order chi connectivity index (χ1) is 7.68. The maximum absolute atomic E-state index is 5.89. The molecule has 0 aromatic carbocycles. The van der Waals surface area contributed by atoms with Crippen LogP contribution in [0.1, 0.15) is 11.6 Å². The minimum absolute atomic E-state index is 0.647. The number of hydrogen-bond acceptors (Lipinski definition) is 3. The third-order valence-electron chi connectivity index (χ3n) is 2.51. The molecular weight excluding hydrogens is 226 g/mol. The average Bonchev–Trinajstić information content (AvgIpc) is 2.80. The maximum atomic E-state index is 5.89. The third kappa shape index (κ3) is 2.25. The zero-order valence-electron chi connectivity index (χ0n) is 9.31. The smallest absolute Gasteiger partial charge is 0.128 e. The van der Waals surface area contributed by atoms with E-state index in [1.54, 1.807) is 12.4 Å². The van der Waals surface area contributed by atoms with Crippen LogP contribution in [-0.2, 0) is 27.2 Å². The highest BCUT2D eigenvalue weighted by Gasteiger charge is 2.04. The molecule has 5 nitrogen and oxygen atoms in total. The molecule has 6 heteroatoms. The SMILES string of the molecule is Cn1ccnc1CNCc1ncc(Cl)n1C. The summed E-state index contributed by atoms with van der Waals surface area (Å²) in [6, 6.07) is 0. The van der Waals surface area contributed by atoms with E-state index in [4.69, 9.17) is 11.6 Å². The monoisotopic (exact) mass is 239 g/mol. The number of rotatable bonds is 4. The minimum Gasteiger partial charge on any atom is -0.337 e. The Labute approximate surface area is 99.1 Å². The topological polar surface area (TPSA) is 47.7 Å². The van der Waals surface area contributed by atoms with Crippen LogP contribution < -0.4 is 5.32 Å². The van der Waals surface area contributed by atoms with Crippen LogP contribution in [0.2, 0.25) is 5.15 Å². The van der Waals surface area contributed by atoms with E-state index in [9.17, 15) is 0 Å². The lowest BCUT2D eigenvalue weighted by Gasteiger charge is -2.05. The zero-order chi connectivity index (χ0) is 11.5. The molecule has 0 spiro atoms. The van der Waals surface area contributed by atoms with Crippen molar-refractivity contribution in [3.63, 3.8) is 0 Å². The third-order valence-corrected chi connectivity index (χ3v) is 2.87. The molecule has 2 aromatic rings. The molecule has 0 aliphatic heterocycles. The molecular formula is C10H14ClN5. The van der Waals surface area contributed by atoms with Crippen molar-refractivity contribution in [1.82, 2.24) is 24.4 Å². The van der Waals surface area contributed by atoms with Gasteiger partial charge in [0.05, 0.1) is 19.3 Å². The zero-order valence-corrected chi connectivity index (χ0v) is 10.1. The molecule has 0 radical (unpaired) electrons. The number of aromatic nitrogens is 4. The normalized spacial score (nSPS) is 10.9. The van der Waals surface area contributed by atoms with Gasteiger partial charge < -0.3 is 14.5 Å². The largest absolute Gasteiger partial charge is 0.337 e. The van der Waals surface area contributed by atoms with Gasteiger partial charge in [-0.25, -0.2) is 9.97 Å². The lowest BCUT2D eigenvalue weighted by atomic mass is 10.5. The fourth-order valence-electron chi connectivity index (χ4n) is 1.44. The molecule has 2 rings (SSSR count). The highest BCUT2D eigenvalue weighted by molar-refractivity contribution is 6.29. The van der Waals surface area contributed by atoms with E-state index in [0.29, 0.717) is 18.2 Å². The first-order valence-corrected chi connectivity index (χ1v) is 5.39. The molecule has 2 heterocycles. The van der Waals surface area contributed by atoms with Gasteiger partial charge in [-0.3, -0.25) is 0 Å². The Kier molecular flexibility index (Phi) is 3.26. The second-order valence-corrected chi connectivity index (χ2v) is 4.00. The van der Waals surface area contributed by atoms with Crippen LogP contribution in [0.15, 0.2) is 18.6 Å². The quantitative estimate of drug-likeness (QED) is 0.869. The highest BCUT2D eigenvalue weighted by atomic mass is 35.5. The number of aryl methyl sites for hydroxylation is 1. The molecule has 0 aliphatic rings. The Morgan fingerprint density at radius 1 is 1.25 bits per heavy atom. The van der Waals surface area contributed by atoms with E-state index in [-0.39, 0.29) is 0 Å². The van der Waals surface area contributed by atoms with E-state index in [1.807, 2.05) is 29.4 Å². The van der Waals surface area contributed by atoms with Gasteiger partial charge in [0.25, 0.3) is 0 Å². The maximum Gasteiger partial charge on any atom is 0.128 e. The molecule has 1 N–H and O–H groups in total. The Morgan fingerprint density at radius 3 is 2.56 bits per heavy atom. The van der Waals surface area contributed by atoms with Gasteiger partial charge in [0.1, 0.15) is 16.8 Å². The van der Waals surface area contributed by atoms with Gasteiger partial charge in [-0.1, -0.05) is 11.6 Å². The molecule has 86 valence electrons. The fourth-order valence-corrected chi connectivity index (χ4v) is 1.59. The minimum atomic E-state index is 0.647. The number of hydrogen-bond donors (Lipinski definition) is 1. The molecule has 0 unspecified atom stereocenters. The van der Waals surface area contributed by atoms with E-state index in [1.165, 1.54) is 0 Å². The standard InChI is InChI=1S/C10H14ClN5/c1-15-4-3-13-9(15)6-12-7-10-14-5-8(11)16(10)2/h3-5,12H,6-7H2,1-2H3. The molecule has 0 aliphatic carbocycles. The Morgan fingerprint density at radius 2 is 2.00 bits per heavy atom. The summed E-state index contributed by atoms with van der Waals surface area (Å²) in [5, 5.41) is 3.92. The Bertz CT molecular complexity index is 473. The average molecular weight is 240 g/mol. The second kappa shape index (κ2) is 4.67. The molecule has 0 saturated heterocycles. The van der Waals surface area contributed by atoms with Gasteiger partial charge in [0, 0.05) is 26.5 Å². The number of nitrogens with zero attached hydrogens (tertiary/aromatic N) is 4. The predicted molar refractivity (Wildman–Crippen MR) is 62.0 cm³/mol. The fraction of sp³-hybridized carbons (Fsp3) is 0.400. The second-order valence-electron chi connectivity index (χ2n) is 3.61. The molecule has 2 aromatic heterocycles. The van der Waals surface area contributed by atoms with Crippen molar-refractivity contribution in [3.05, 3.63) is 35.4 Å². The van der Waals surface area contributed by atoms with Gasteiger partial charge in [-0.15, -0.1) is 0 Å². The van der Waals surface area contributed by atoms with Crippen molar-refractivity contribution in [2.24, 2.45) is 14.1 Å². The van der Waals surface area contributed by atoms with E-state index >= 15 is 0 Å². The van der Waals surface area contributed by atoms with Gasteiger partial charge in [0.2, 0.25) is 0 Å². The molecule has 16 heavy (non-hydrogen) atoms. The highest BCUT2D eigenvalue weighted by Crippen LogP contribution is 2.08. The first-order valence-electron chi connectivity index (χ1n) is 5.01. The Balaban J connectivity index is 1.89. The van der Waals surface area contributed by atoms with Crippen molar-refractivity contribution >= 4 is 11.6 Å². The summed E-state index contributed by atoms with van der Waals surface area (Å²) in [5.74, 6) is 1.92.